The number of nitrogens with zero attached hydrogens (tertiary/aromatic N) is 2. The van der Waals surface area contributed by atoms with Gasteiger partial charge in [-0.05, 0) is 68.5 Å². The fraction of sp³-hybridized carbons (Fsp3) is 0.577. The van der Waals surface area contributed by atoms with Crippen molar-refractivity contribution in [1.82, 2.24) is 14.8 Å². The second-order valence-electron chi connectivity index (χ2n) is 9.95. The molecule has 6 rings (SSSR count). The van der Waals surface area contributed by atoms with Crippen molar-refractivity contribution >= 4 is 16.8 Å². The Kier molecular flexibility index (Phi) is 4.71. The van der Waals surface area contributed by atoms with Gasteiger partial charge in [-0.3, -0.25) is 9.69 Å². The number of rotatable bonds is 3. The van der Waals surface area contributed by atoms with E-state index in [0.717, 1.165) is 31.3 Å². The molecule has 1 aliphatic carbocycles. The van der Waals surface area contributed by atoms with Crippen molar-refractivity contribution in [1.29, 1.82) is 0 Å². The highest BCUT2D eigenvalue weighted by molar-refractivity contribution is 5.84. The van der Waals surface area contributed by atoms with Crippen LogP contribution in [0.2, 0.25) is 0 Å². The van der Waals surface area contributed by atoms with Crippen LogP contribution in [0.25, 0.3) is 10.9 Å². The molecule has 4 heterocycles. The van der Waals surface area contributed by atoms with Crippen molar-refractivity contribution < 1.29 is 4.79 Å². The quantitative estimate of drug-likeness (QED) is 0.765. The van der Waals surface area contributed by atoms with Crippen LogP contribution >= 0.6 is 0 Å². The Morgan fingerprint density at radius 2 is 2.07 bits per heavy atom. The molecule has 2 bridgehead atoms. The molecule has 4 atom stereocenters. The van der Waals surface area contributed by atoms with E-state index in [4.69, 9.17) is 0 Å². The number of H-pyrrole nitrogens is 1. The van der Waals surface area contributed by atoms with Gasteiger partial charge in [0.05, 0.1) is 6.04 Å². The van der Waals surface area contributed by atoms with E-state index in [0.29, 0.717) is 24.3 Å². The first-order valence-electron chi connectivity index (χ1n) is 12.1. The first kappa shape index (κ1) is 18.7. The Labute approximate surface area is 179 Å². The summed E-state index contributed by atoms with van der Waals surface area (Å²) in [6.45, 7) is 3.41. The lowest BCUT2D eigenvalue weighted by Gasteiger charge is -2.54. The van der Waals surface area contributed by atoms with Gasteiger partial charge in [-0.25, -0.2) is 0 Å². The van der Waals surface area contributed by atoms with Gasteiger partial charge in [-0.15, -0.1) is 0 Å². The van der Waals surface area contributed by atoms with Crippen LogP contribution in [0.3, 0.4) is 0 Å². The maximum absolute atomic E-state index is 13.4. The molecule has 4 nitrogen and oxygen atoms in total. The molecule has 1 aromatic heterocycles. The summed E-state index contributed by atoms with van der Waals surface area (Å²) in [6, 6.07) is 9.55. The number of para-hydroxylation sites is 1. The van der Waals surface area contributed by atoms with Gasteiger partial charge in [-0.1, -0.05) is 36.3 Å². The van der Waals surface area contributed by atoms with Crippen LogP contribution in [0.1, 0.15) is 50.5 Å². The second kappa shape index (κ2) is 7.56. The normalized spacial score (nSPS) is 31.2. The average molecular weight is 404 g/mol. The summed E-state index contributed by atoms with van der Waals surface area (Å²) in [6.07, 6.45) is 13.9. The van der Waals surface area contributed by atoms with E-state index in [-0.39, 0.29) is 0 Å². The summed E-state index contributed by atoms with van der Waals surface area (Å²) in [5.74, 6) is 1.73. The summed E-state index contributed by atoms with van der Waals surface area (Å²) >= 11 is 0. The third kappa shape index (κ3) is 3.11. The van der Waals surface area contributed by atoms with Crippen molar-refractivity contribution in [3.05, 3.63) is 47.7 Å². The Morgan fingerprint density at radius 1 is 1.13 bits per heavy atom. The lowest BCUT2D eigenvalue weighted by Crippen LogP contribution is -2.60. The van der Waals surface area contributed by atoms with Gasteiger partial charge in [0.25, 0.3) is 0 Å². The summed E-state index contributed by atoms with van der Waals surface area (Å²) in [5.41, 5.74) is 4.03. The number of piperidine rings is 3. The Morgan fingerprint density at radius 3 is 3.03 bits per heavy atom. The fourth-order valence-electron chi connectivity index (χ4n) is 6.98. The number of aromatic nitrogens is 1. The molecule has 3 aliphatic heterocycles. The maximum Gasteiger partial charge on any atom is 0.223 e. The largest absolute Gasteiger partial charge is 0.361 e. The van der Waals surface area contributed by atoms with E-state index in [9.17, 15) is 4.79 Å². The van der Waals surface area contributed by atoms with Crippen LogP contribution in [-0.2, 0) is 11.2 Å². The van der Waals surface area contributed by atoms with E-state index in [1.54, 1.807) is 5.57 Å². The predicted octanol–water partition coefficient (Wildman–Crippen LogP) is 4.52. The van der Waals surface area contributed by atoms with E-state index in [1.807, 2.05) is 0 Å². The maximum atomic E-state index is 13.4. The van der Waals surface area contributed by atoms with Crippen LogP contribution in [0, 0.1) is 11.8 Å². The molecule has 3 fully saturated rings. The lowest BCUT2D eigenvalue weighted by molar-refractivity contribution is -0.136. The summed E-state index contributed by atoms with van der Waals surface area (Å²) < 4.78 is 0. The monoisotopic (exact) mass is 403 g/mol. The molecule has 2 unspecified atom stereocenters. The molecular formula is C26H33N3O. The predicted molar refractivity (Wildman–Crippen MR) is 120 cm³/mol. The standard InChI is InChI=1S/C26H33N3O/c30-25(11-10-19-16-27-23-8-2-1-7-22(19)23)29-13-5-6-18-14-20-15-21(26(18)29)17-28-12-4-3-9-24(20)28/h1-2,7-8,14,16,20-21,24,26-27H,3-6,9-13,15,17H2/t20-,21-,24?,26?/m0/s1. The Bertz CT molecular complexity index is 976. The van der Waals surface area contributed by atoms with Crippen molar-refractivity contribution in [2.45, 2.75) is 63.5 Å². The topological polar surface area (TPSA) is 39.3 Å². The number of carbonyl (C=O) groups is 1. The van der Waals surface area contributed by atoms with Crippen LogP contribution in [-0.4, -0.2) is 52.4 Å². The number of amides is 1. The van der Waals surface area contributed by atoms with Crippen molar-refractivity contribution in [3.8, 4) is 0 Å². The number of nitrogens with one attached hydrogen (secondary N) is 1. The van der Waals surface area contributed by atoms with Gasteiger partial charge in [0.1, 0.15) is 0 Å². The summed E-state index contributed by atoms with van der Waals surface area (Å²) in [4.78, 5) is 21.8. The average Bonchev–Trinajstić information content (AvgIpc) is 3.20. The third-order valence-electron chi connectivity index (χ3n) is 8.26. The second-order valence-corrected chi connectivity index (χ2v) is 9.95. The summed E-state index contributed by atoms with van der Waals surface area (Å²) in [7, 11) is 0. The molecule has 158 valence electrons. The molecule has 2 aromatic rings. The number of fused-ring (bicyclic) bond motifs is 7. The van der Waals surface area contributed by atoms with Crippen LogP contribution in [0.15, 0.2) is 42.1 Å². The molecule has 4 aliphatic rings. The van der Waals surface area contributed by atoms with Gasteiger partial charge in [0.2, 0.25) is 5.91 Å². The highest BCUT2D eigenvalue weighted by Crippen LogP contribution is 2.45. The van der Waals surface area contributed by atoms with Crippen molar-refractivity contribution in [2.24, 2.45) is 11.8 Å². The highest BCUT2D eigenvalue weighted by atomic mass is 16.2. The van der Waals surface area contributed by atoms with Crippen molar-refractivity contribution in [2.75, 3.05) is 19.6 Å². The van der Waals surface area contributed by atoms with E-state index >= 15 is 0 Å². The van der Waals surface area contributed by atoms with Crippen LogP contribution < -0.4 is 0 Å². The number of aryl methyl sites for hydroxylation is 1. The fourth-order valence-corrected chi connectivity index (χ4v) is 6.98. The van der Waals surface area contributed by atoms with E-state index in [1.165, 1.54) is 61.7 Å². The van der Waals surface area contributed by atoms with E-state index in [2.05, 4.69) is 51.3 Å². The number of carbonyl (C=O) groups excluding carboxylic acids is 1. The molecule has 1 amide bonds. The summed E-state index contributed by atoms with van der Waals surface area (Å²) in [5, 5.41) is 1.26. The van der Waals surface area contributed by atoms with Crippen LogP contribution in [0.4, 0.5) is 0 Å². The minimum absolute atomic E-state index is 0.357. The molecule has 0 radical (unpaired) electrons. The molecule has 4 heteroatoms. The SMILES string of the molecule is O=C(CCc1c[nH]c2ccccc12)N1CCCC2=C[C@H]3C[C@@H](CN4CCCCC34)C21. The first-order chi connectivity index (χ1) is 14.8. The molecule has 1 N–H and O–H groups in total. The molecule has 0 saturated carbocycles. The lowest BCUT2D eigenvalue weighted by atomic mass is 9.68. The zero-order valence-corrected chi connectivity index (χ0v) is 17.9. The zero-order valence-electron chi connectivity index (χ0n) is 17.9. The zero-order chi connectivity index (χ0) is 20.1. The molecule has 0 spiro atoms. The molecule has 30 heavy (non-hydrogen) atoms. The minimum Gasteiger partial charge on any atom is -0.361 e. The number of hydrogen-bond donors (Lipinski definition) is 1. The number of benzene rings is 1. The Hall–Kier alpha value is -2.07. The van der Waals surface area contributed by atoms with Gasteiger partial charge < -0.3 is 9.88 Å². The van der Waals surface area contributed by atoms with Gasteiger partial charge in [-0.2, -0.15) is 0 Å². The molecule has 1 aromatic carbocycles. The molecule has 3 saturated heterocycles. The molecular weight excluding hydrogens is 370 g/mol. The third-order valence-corrected chi connectivity index (χ3v) is 8.26. The van der Waals surface area contributed by atoms with Gasteiger partial charge >= 0.3 is 0 Å². The Balaban J connectivity index is 1.20. The smallest absolute Gasteiger partial charge is 0.223 e. The first-order valence-corrected chi connectivity index (χ1v) is 12.1. The number of aromatic amines is 1. The minimum atomic E-state index is 0.357. The number of hydrogen-bond acceptors (Lipinski definition) is 2. The van der Waals surface area contributed by atoms with Gasteiger partial charge in [0, 0.05) is 42.7 Å². The van der Waals surface area contributed by atoms with E-state index < -0.39 is 0 Å². The number of likely N-dealkylation sites (tertiary alicyclic amines) is 1. The van der Waals surface area contributed by atoms with Gasteiger partial charge in [0.15, 0.2) is 0 Å². The van der Waals surface area contributed by atoms with Crippen molar-refractivity contribution in [3.63, 3.8) is 0 Å². The van der Waals surface area contributed by atoms with Crippen LogP contribution in [0.5, 0.6) is 0 Å². The highest BCUT2D eigenvalue weighted by Gasteiger charge is 2.46.